The monoisotopic (exact) mass is 334 g/mol. The van der Waals surface area contributed by atoms with Gasteiger partial charge >= 0.3 is 0 Å². The highest BCUT2D eigenvalue weighted by molar-refractivity contribution is 7.91. The molecule has 1 amide bonds. The third-order valence-corrected chi connectivity index (χ3v) is 6.10. The Labute approximate surface area is 136 Å². The summed E-state index contributed by atoms with van der Waals surface area (Å²) in [5.74, 6) is 0.121. The van der Waals surface area contributed by atoms with Crippen LogP contribution in [0.15, 0.2) is 30.5 Å². The summed E-state index contributed by atoms with van der Waals surface area (Å²) >= 11 is 0. The minimum Gasteiger partial charge on any atom is -0.352 e. The van der Waals surface area contributed by atoms with Crippen LogP contribution >= 0.6 is 0 Å². The lowest BCUT2D eigenvalue weighted by Crippen LogP contribution is -2.36. The maximum atomic E-state index is 12.3. The minimum absolute atomic E-state index is 0.0620. The number of carbonyl (C=O) groups is 1. The van der Waals surface area contributed by atoms with E-state index < -0.39 is 9.84 Å². The summed E-state index contributed by atoms with van der Waals surface area (Å²) in [6.07, 6.45) is 2.82. The molecule has 1 atom stereocenters. The number of aromatic nitrogens is 1. The fourth-order valence-electron chi connectivity index (χ4n) is 3.21. The van der Waals surface area contributed by atoms with Gasteiger partial charge in [-0.05, 0) is 31.9 Å². The van der Waals surface area contributed by atoms with Crippen LogP contribution in [0.4, 0.5) is 0 Å². The molecule has 2 aromatic rings. The van der Waals surface area contributed by atoms with E-state index in [9.17, 15) is 13.2 Å². The molecule has 0 saturated carbocycles. The number of hydrogen-bond donors (Lipinski definition) is 1. The molecule has 0 bridgehead atoms. The highest BCUT2D eigenvalue weighted by atomic mass is 32.2. The van der Waals surface area contributed by atoms with Crippen LogP contribution in [-0.2, 0) is 21.1 Å². The molecule has 1 saturated heterocycles. The second-order valence-corrected chi connectivity index (χ2v) is 8.75. The summed E-state index contributed by atoms with van der Waals surface area (Å²) in [7, 11) is -2.97. The lowest BCUT2D eigenvalue weighted by molar-refractivity contribution is -0.120. The molecule has 1 aliphatic rings. The average molecular weight is 334 g/mol. The number of nitrogens with zero attached hydrogens (tertiary/aromatic N) is 1. The molecular weight excluding hydrogens is 312 g/mol. The molecule has 2 heterocycles. The summed E-state index contributed by atoms with van der Waals surface area (Å²) in [5, 5.41) is 3.94. The predicted octanol–water partition coefficient (Wildman–Crippen LogP) is 2.07. The maximum Gasteiger partial charge on any atom is 0.224 e. The predicted molar refractivity (Wildman–Crippen MR) is 91.2 cm³/mol. The quantitative estimate of drug-likeness (QED) is 0.931. The Morgan fingerprint density at radius 3 is 2.74 bits per heavy atom. The van der Waals surface area contributed by atoms with E-state index in [1.807, 2.05) is 24.4 Å². The topological polar surface area (TPSA) is 68.2 Å². The number of amides is 1. The van der Waals surface area contributed by atoms with E-state index in [1.54, 1.807) is 0 Å². The van der Waals surface area contributed by atoms with Crippen LogP contribution in [0.25, 0.3) is 10.9 Å². The second-order valence-electron chi connectivity index (χ2n) is 6.52. The maximum absolute atomic E-state index is 12.3. The fraction of sp³-hybridized carbons (Fsp3) is 0.471. The van der Waals surface area contributed by atoms with Crippen molar-refractivity contribution in [2.45, 2.75) is 38.8 Å². The molecular formula is C17H22N2O3S. The van der Waals surface area contributed by atoms with Crippen molar-refractivity contribution in [1.82, 2.24) is 9.88 Å². The van der Waals surface area contributed by atoms with Crippen LogP contribution in [0.2, 0.25) is 0 Å². The molecule has 1 aliphatic heterocycles. The number of carbonyl (C=O) groups excluding carboxylic acids is 1. The molecule has 6 heteroatoms. The molecule has 5 nitrogen and oxygen atoms in total. The molecule has 3 rings (SSSR count). The first-order valence-corrected chi connectivity index (χ1v) is 9.76. The Morgan fingerprint density at radius 2 is 2.09 bits per heavy atom. The third-order valence-electron chi connectivity index (χ3n) is 4.33. The molecule has 1 N–H and O–H groups in total. The van der Waals surface area contributed by atoms with Gasteiger partial charge in [-0.2, -0.15) is 0 Å². The Morgan fingerprint density at radius 1 is 1.35 bits per heavy atom. The Bertz CT molecular complexity index is 837. The van der Waals surface area contributed by atoms with Gasteiger partial charge in [-0.3, -0.25) is 4.79 Å². The first-order valence-electron chi connectivity index (χ1n) is 7.94. The average Bonchev–Trinajstić information content (AvgIpc) is 3.00. The van der Waals surface area contributed by atoms with Gasteiger partial charge in [-0.25, -0.2) is 8.42 Å². The zero-order valence-electron chi connectivity index (χ0n) is 13.5. The molecule has 124 valence electrons. The number of hydrogen-bond acceptors (Lipinski definition) is 3. The van der Waals surface area contributed by atoms with E-state index in [1.165, 1.54) is 0 Å². The number of nitrogens with one attached hydrogen (secondary N) is 1. The van der Waals surface area contributed by atoms with Crippen LogP contribution in [0, 0.1) is 0 Å². The fourth-order valence-corrected chi connectivity index (χ4v) is 4.88. The van der Waals surface area contributed by atoms with Crippen LogP contribution in [-0.4, -0.2) is 36.4 Å². The lowest BCUT2D eigenvalue weighted by Gasteiger charge is -2.10. The second kappa shape index (κ2) is 6.00. The summed E-state index contributed by atoms with van der Waals surface area (Å²) in [6, 6.07) is 8.12. The summed E-state index contributed by atoms with van der Waals surface area (Å²) in [6.45, 7) is 4.22. The molecule has 1 fully saturated rings. The van der Waals surface area contributed by atoms with Crippen molar-refractivity contribution in [3.05, 3.63) is 36.0 Å². The standard InChI is InChI=1S/C17H22N2O3S/c1-12(2)19-10-13(15-5-3-4-6-16(15)19)9-17(20)18-14-7-8-23(21,22)11-14/h3-6,10,12,14H,7-9,11H2,1-2H3,(H,18,20). The molecule has 0 aliphatic carbocycles. The van der Waals surface area contributed by atoms with Gasteiger partial charge in [0.05, 0.1) is 17.9 Å². The van der Waals surface area contributed by atoms with Gasteiger partial charge in [0.2, 0.25) is 5.91 Å². The van der Waals surface area contributed by atoms with Crippen molar-refractivity contribution >= 4 is 26.6 Å². The van der Waals surface area contributed by atoms with Crippen LogP contribution in [0.3, 0.4) is 0 Å². The van der Waals surface area contributed by atoms with E-state index in [0.29, 0.717) is 12.5 Å². The molecule has 1 aromatic heterocycles. The Balaban J connectivity index is 1.78. The largest absolute Gasteiger partial charge is 0.352 e. The Kier molecular flexibility index (Phi) is 4.19. The zero-order valence-corrected chi connectivity index (χ0v) is 14.3. The van der Waals surface area contributed by atoms with Crippen LogP contribution in [0.1, 0.15) is 31.9 Å². The molecule has 0 radical (unpaired) electrons. The van der Waals surface area contributed by atoms with E-state index >= 15 is 0 Å². The molecule has 1 unspecified atom stereocenters. The van der Waals surface area contributed by atoms with E-state index in [4.69, 9.17) is 0 Å². The van der Waals surface area contributed by atoms with Crippen LogP contribution < -0.4 is 5.32 Å². The van der Waals surface area contributed by atoms with E-state index in [-0.39, 0.29) is 29.9 Å². The number of fused-ring (bicyclic) bond motifs is 1. The minimum atomic E-state index is -2.97. The van der Waals surface area contributed by atoms with E-state index in [0.717, 1.165) is 16.5 Å². The Hall–Kier alpha value is -1.82. The summed E-state index contributed by atoms with van der Waals surface area (Å²) in [5.41, 5.74) is 2.10. The SMILES string of the molecule is CC(C)n1cc(CC(=O)NC2CCS(=O)(=O)C2)c2ccccc21. The van der Waals surface area contributed by atoms with Crippen molar-refractivity contribution in [2.24, 2.45) is 0 Å². The normalized spacial score (nSPS) is 20.2. The highest BCUT2D eigenvalue weighted by Gasteiger charge is 2.29. The first-order chi connectivity index (χ1) is 10.9. The number of para-hydroxylation sites is 1. The van der Waals surface area contributed by atoms with Crippen molar-refractivity contribution < 1.29 is 13.2 Å². The molecule has 1 aromatic carbocycles. The van der Waals surface area contributed by atoms with Gasteiger partial charge in [0, 0.05) is 29.2 Å². The summed E-state index contributed by atoms with van der Waals surface area (Å²) < 4.78 is 25.1. The van der Waals surface area contributed by atoms with Crippen molar-refractivity contribution in [2.75, 3.05) is 11.5 Å². The number of sulfone groups is 1. The molecule has 23 heavy (non-hydrogen) atoms. The van der Waals surface area contributed by atoms with Gasteiger partial charge in [0.25, 0.3) is 0 Å². The summed E-state index contributed by atoms with van der Waals surface area (Å²) in [4.78, 5) is 12.3. The van der Waals surface area contributed by atoms with Crippen molar-refractivity contribution in [1.29, 1.82) is 0 Å². The van der Waals surface area contributed by atoms with Crippen molar-refractivity contribution in [3.8, 4) is 0 Å². The van der Waals surface area contributed by atoms with Gasteiger partial charge in [0.1, 0.15) is 0 Å². The third kappa shape index (κ3) is 3.42. The molecule has 0 spiro atoms. The van der Waals surface area contributed by atoms with Crippen LogP contribution in [0.5, 0.6) is 0 Å². The van der Waals surface area contributed by atoms with Gasteiger partial charge in [0.15, 0.2) is 9.84 Å². The highest BCUT2D eigenvalue weighted by Crippen LogP contribution is 2.25. The van der Waals surface area contributed by atoms with Crippen molar-refractivity contribution in [3.63, 3.8) is 0 Å². The smallest absolute Gasteiger partial charge is 0.224 e. The first kappa shape index (κ1) is 16.1. The lowest BCUT2D eigenvalue weighted by atomic mass is 10.1. The van der Waals surface area contributed by atoms with Gasteiger partial charge in [-0.1, -0.05) is 18.2 Å². The number of benzene rings is 1. The van der Waals surface area contributed by atoms with E-state index in [2.05, 4.69) is 29.8 Å². The zero-order chi connectivity index (χ0) is 16.6. The van der Waals surface area contributed by atoms with Gasteiger partial charge < -0.3 is 9.88 Å². The number of rotatable bonds is 4. The van der Waals surface area contributed by atoms with Gasteiger partial charge in [-0.15, -0.1) is 0 Å².